The molecule has 8 heterocycles. The van der Waals surface area contributed by atoms with E-state index >= 15 is 0 Å². The minimum atomic E-state index is -1.07. The van der Waals surface area contributed by atoms with Gasteiger partial charge in [-0.1, -0.05) is 302 Å². The van der Waals surface area contributed by atoms with Gasteiger partial charge in [0.2, 0.25) is 5.82 Å². The number of amides is 1. The highest BCUT2D eigenvalue weighted by atomic mass is 35.5. The Hall–Kier alpha value is -16.8. The number of unbranched alkanes of at least 4 members (excludes halogenated alkanes) is 1. The third kappa shape index (κ3) is 24.5. The number of carbonyl (C=O) groups is 2. The number of carbonyl (C=O) groups excluding carboxylic acids is 3. The van der Waals surface area contributed by atoms with Crippen LogP contribution in [0, 0.1) is 27.7 Å². The van der Waals surface area contributed by atoms with Crippen LogP contribution in [0.2, 0.25) is 5.15 Å². The summed E-state index contributed by atoms with van der Waals surface area (Å²) in [7, 11) is 0. The van der Waals surface area contributed by atoms with Crippen LogP contribution < -0.4 is 11.3 Å². The molecule has 0 spiro atoms. The lowest BCUT2D eigenvalue weighted by molar-refractivity contribution is -0.191. The molecule has 146 heavy (non-hydrogen) atoms. The number of rotatable bonds is 31. The molecule has 1 aliphatic rings. The van der Waals surface area contributed by atoms with E-state index in [1.807, 2.05) is 86.5 Å². The number of carboxylic acids is 1. The van der Waals surface area contributed by atoms with Crippen LogP contribution in [0.15, 0.2) is 297 Å². The van der Waals surface area contributed by atoms with E-state index in [-0.39, 0.29) is 22.6 Å². The fourth-order valence-corrected chi connectivity index (χ4v) is 19.6. The van der Waals surface area contributed by atoms with Crippen molar-refractivity contribution in [2.45, 2.75) is 184 Å². The Bertz CT molecular complexity index is 7720. The fourth-order valence-electron chi connectivity index (χ4n) is 19.4. The van der Waals surface area contributed by atoms with Crippen molar-refractivity contribution in [3.05, 3.63) is 398 Å². The summed E-state index contributed by atoms with van der Waals surface area (Å²) in [4.78, 5) is 71.3. The zero-order valence-corrected chi connectivity index (χ0v) is 84.4. The van der Waals surface area contributed by atoms with Crippen molar-refractivity contribution >= 4 is 29.6 Å². The lowest BCUT2D eigenvalue weighted by Crippen LogP contribution is -2.24. The van der Waals surface area contributed by atoms with Gasteiger partial charge in [0, 0.05) is 91.5 Å². The van der Waals surface area contributed by atoms with Gasteiger partial charge in [-0.25, -0.2) is 24.7 Å². The second-order valence-corrected chi connectivity index (χ2v) is 37.0. The highest BCUT2D eigenvalue weighted by Crippen LogP contribution is 2.43. The molecule has 1 fully saturated rings. The number of nitrogens with one attached hydrogen (secondary N) is 4. The van der Waals surface area contributed by atoms with E-state index < -0.39 is 11.9 Å². The third-order valence-electron chi connectivity index (χ3n) is 26.7. The number of nitrogens with two attached hydrogens (primary N) is 1. The topological polar surface area (TPSA) is 356 Å². The first kappa shape index (κ1) is 102. The summed E-state index contributed by atoms with van der Waals surface area (Å²) in [5.74, 6) is 3.16. The molecule has 1 saturated carbocycles. The maximum absolute atomic E-state index is 12.4. The van der Waals surface area contributed by atoms with E-state index in [2.05, 4.69) is 331 Å². The minimum absolute atomic E-state index is 0.0343. The molecule has 1 amide bonds. The molecule has 1 aliphatic carbocycles. The van der Waals surface area contributed by atoms with Crippen LogP contribution in [0.3, 0.4) is 0 Å². The standard InChI is InChI=1S/C32H33N5O.C31H32N4.C28H31ClN6O2.C27H23N5O.CO2/c1-4-9-30-36-29(5-2)31(32(33)38)37(30)20-22-12-14-26(21(3)16-22)28-17-24(23-10-7-6-8-11-23)13-15-27(28)25-18-34-35-19-25;1-4-9-31-34-27(5-2)21-35(31)20-23-12-14-28(22(3)16-23)30-17-25(24-10-7-6-8-11-24)13-15-29(30)26-18-32-33-19-26;1-2-3-9-24-30-26(29)25(28(36)37)35(24)17-18-10-12-20(13-11-18)23-16-21(19-7-5-4-6-8-19)14-15-22(23)27-31-33-34-32-27;1-18-14-27(33)32(19(2)29-18)17-20-8-10-22(11-9-20)25-15-23(21-6-4-3-5-7-21)12-13-24(25)26-16-28-31-30-26;2-1-3/h6-8,10-19H,4-5,9,20H2,1-3H3,(H2,33,38)(H,34,35);6-8,10-19,21H,4-5,9,20H2,1-3H3,(H,32,33);10-16,19H,2-9,17H2,1H3,(H,36,37)(H,31,32,33,34);3-16H,17H2,1-2H3,(H,28,30,31);. The SMILES string of the molecule is CCCCc1nc(Cl)c(C(=O)O)n1Cc1ccc(-c2cc(C3CCCCC3)ccc2-c2nn[nH]n2)cc1.CCCc1nc(CC)c(C(N)=O)n1Cc1ccc(-c2cc(-c3ccccc3)ccc2-c2cn[nH]c2)c(C)c1.CCCc1nc(CC)cn1Cc1ccc(-c2cc(-c3ccccc3)ccc2-c2cn[nH]c2)c(C)c1.Cc1cc(=O)n(Cc2ccc(-c3cc(-c4ccccc4)ccc3-c3cn[nH]n3)cc2)c(C)n1.O=C=O. The molecular formula is C119H119ClN20O6. The van der Waals surface area contributed by atoms with Crippen LogP contribution in [0.4, 0.5) is 0 Å². The molecule has 0 aliphatic heterocycles. The second-order valence-electron chi connectivity index (χ2n) is 36.6. The Balaban J connectivity index is 0.000000138. The molecule has 27 heteroatoms. The van der Waals surface area contributed by atoms with Crippen molar-refractivity contribution in [3.8, 4) is 123 Å². The molecule has 8 aromatic heterocycles. The third-order valence-corrected chi connectivity index (χ3v) is 26.9. The minimum Gasteiger partial charge on any atom is -0.476 e. The Morgan fingerprint density at radius 3 is 1.42 bits per heavy atom. The van der Waals surface area contributed by atoms with Crippen LogP contribution in [0.25, 0.3) is 123 Å². The molecule has 7 N–H and O–H groups in total. The van der Waals surface area contributed by atoms with E-state index in [1.165, 1.54) is 93.7 Å². The predicted octanol–water partition coefficient (Wildman–Crippen LogP) is 25.0. The zero-order chi connectivity index (χ0) is 102. The number of carboxylic acid groups (broad SMARTS) is 1. The van der Waals surface area contributed by atoms with Gasteiger partial charge in [0.25, 0.3) is 11.5 Å². The molecular weight excluding hydrogens is 1840 g/mol. The van der Waals surface area contributed by atoms with Crippen molar-refractivity contribution < 1.29 is 24.3 Å². The van der Waals surface area contributed by atoms with E-state index in [0.29, 0.717) is 61.6 Å². The summed E-state index contributed by atoms with van der Waals surface area (Å²) >= 11 is 6.21. The van der Waals surface area contributed by atoms with Gasteiger partial charge in [0.05, 0.1) is 36.5 Å². The number of primary amides is 1. The number of H-pyrrole nitrogens is 4. The first-order chi connectivity index (χ1) is 71.2. The number of hydrogen-bond donors (Lipinski definition) is 6. The van der Waals surface area contributed by atoms with Crippen LogP contribution in [-0.2, 0) is 67.9 Å². The maximum atomic E-state index is 12.4. The number of tetrazole rings is 1. The average Bonchev–Trinajstić information content (AvgIpc) is 0.986. The molecule has 20 rings (SSSR count). The number of aromatic amines is 4. The van der Waals surface area contributed by atoms with E-state index in [4.69, 9.17) is 36.9 Å². The van der Waals surface area contributed by atoms with Crippen molar-refractivity contribution in [1.29, 1.82) is 0 Å². The number of benzene rings is 11. The lowest BCUT2D eigenvalue weighted by Gasteiger charge is -2.23. The van der Waals surface area contributed by atoms with Crippen molar-refractivity contribution in [3.63, 3.8) is 0 Å². The molecule has 0 unspecified atom stereocenters. The summed E-state index contributed by atoms with van der Waals surface area (Å²) < 4.78 is 7.75. The Labute approximate surface area is 854 Å². The molecule has 738 valence electrons. The Morgan fingerprint density at radius 1 is 0.438 bits per heavy atom. The van der Waals surface area contributed by atoms with Gasteiger partial charge in [-0.15, -0.1) is 10.2 Å². The predicted molar refractivity (Wildman–Crippen MR) is 575 cm³/mol. The Morgan fingerprint density at radius 2 is 0.932 bits per heavy atom. The number of imidazole rings is 3. The van der Waals surface area contributed by atoms with Crippen LogP contribution in [-0.4, -0.2) is 118 Å². The normalized spacial score (nSPS) is 11.7. The highest BCUT2D eigenvalue weighted by molar-refractivity contribution is 6.32. The number of nitrogens with zero attached hydrogens (tertiary/aromatic N) is 15. The Kier molecular flexibility index (Phi) is 34.1. The van der Waals surface area contributed by atoms with E-state index in [9.17, 15) is 19.5 Å². The smallest absolute Gasteiger partial charge is 0.373 e. The molecule has 19 aromatic rings. The molecule has 0 saturated heterocycles. The summed E-state index contributed by atoms with van der Waals surface area (Å²) in [6.45, 7) is 20.9. The van der Waals surface area contributed by atoms with Crippen LogP contribution in [0.5, 0.6) is 0 Å². The van der Waals surface area contributed by atoms with E-state index in [0.717, 1.165) is 175 Å². The number of hydrogen-bond acceptors (Lipinski definition) is 16. The zero-order valence-electron chi connectivity index (χ0n) is 83.7. The first-order valence-corrected chi connectivity index (χ1v) is 50.2. The summed E-state index contributed by atoms with van der Waals surface area (Å²) in [6.07, 6.45) is 26.3. The summed E-state index contributed by atoms with van der Waals surface area (Å²) in [5.41, 5.74) is 40.5. The number of aromatic carboxylic acids is 1. The van der Waals surface area contributed by atoms with Gasteiger partial charge in [-0.3, -0.25) is 24.4 Å². The highest BCUT2D eigenvalue weighted by Gasteiger charge is 2.27. The van der Waals surface area contributed by atoms with Crippen molar-refractivity contribution in [2.24, 2.45) is 5.73 Å². The van der Waals surface area contributed by atoms with Gasteiger partial charge in [0.1, 0.15) is 34.7 Å². The van der Waals surface area contributed by atoms with Gasteiger partial charge < -0.3 is 24.5 Å². The van der Waals surface area contributed by atoms with Crippen LogP contribution in [0.1, 0.15) is 199 Å². The quantitative estimate of drug-likeness (QED) is 0.0235. The van der Waals surface area contributed by atoms with Crippen molar-refractivity contribution in [2.75, 3.05) is 0 Å². The fraction of sp³-hybridized carbons (Fsp3) is 0.235. The average molecular weight is 1960 g/mol. The van der Waals surface area contributed by atoms with Gasteiger partial charge in [-0.2, -0.15) is 40.4 Å². The maximum Gasteiger partial charge on any atom is 0.373 e. The summed E-state index contributed by atoms with van der Waals surface area (Å²) in [5, 5.41) is 49.8. The monoisotopic (exact) mass is 1960 g/mol. The molecule has 0 atom stereocenters. The number of halogens is 1. The number of aromatic nitrogens is 19. The first-order valence-electron chi connectivity index (χ1n) is 49.8. The van der Waals surface area contributed by atoms with Gasteiger partial charge >= 0.3 is 12.1 Å². The molecule has 26 nitrogen and oxygen atoms in total. The van der Waals surface area contributed by atoms with Gasteiger partial charge in [0.15, 0.2) is 10.8 Å². The molecule has 11 aromatic carbocycles. The number of aryl methyl sites for hydroxylation is 9. The lowest BCUT2D eigenvalue weighted by atomic mass is 9.82. The van der Waals surface area contributed by atoms with Crippen molar-refractivity contribution in [1.82, 2.24) is 94.6 Å². The van der Waals surface area contributed by atoms with Gasteiger partial charge in [-0.05, 0) is 230 Å². The largest absolute Gasteiger partial charge is 0.476 e. The molecule has 0 bridgehead atoms. The second kappa shape index (κ2) is 48.8. The molecule has 0 radical (unpaired) electrons. The van der Waals surface area contributed by atoms with Crippen LogP contribution >= 0.6 is 11.6 Å². The summed E-state index contributed by atoms with van der Waals surface area (Å²) in [6, 6.07) is 89.0. The van der Waals surface area contributed by atoms with E-state index in [1.54, 1.807) is 21.4 Å².